The molecule has 0 aromatic carbocycles. The molecular formula is C6H7F3N2O. The molecule has 0 saturated carbocycles. The number of aliphatic hydroxyl groups excluding tert-OH is 1. The molecule has 0 bridgehead atoms. The molecule has 0 amide bonds. The van der Waals surface area contributed by atoms with E-state index in [1.165, 1.54) is 0 Å². The largest absolute Gasteiger partial charge is 0.406 e. The smallest absolute Gasteiger partial charge is 0.390 e. The van der Waals surface area contributed by atoms with Gasteiger partial charge in [-0.1, -0.05) is 0 Å². The summed E-state index contributed by atoms with van der Waals surface area (Å²) in [6.07, 6.45) is -2.04. The van der Waals surface area contributed by atoms with Gasteiger partial charge in [0.05, 0.1) is 18.6 Å². The van der Waals surface area contributed by atoms with Crippen LogP contribution in [-0.2, 0) is 13.2 Å². The van der Waals surface area contributed by atoms with Crippen LogP contribution < -0.4 is 0 Å². The molecule has 0 fully saturated rings. The summed E-state index contributed by atoms with van der Waals surface area (Å²) in [6, 6.07) is 0. The van der Waals surface area contributed by atoms with Gasteiger partial charge >= 0.3 is 6.18 Å². The molecule has 3 nitrogen and oxygen atoms in total. The van der Waals surface area contributed by atoms with Crippen LogP contribution in [-0.4, -0.2) is 20.8 Å². The van der Waals surface area contributed by atoms with Crippen LogP contribution in [0.3, 0.4) is 0 Å². The highest BCUT2D eigenvalue weighted by Gasteiger charge is 2.27. The topological polar surface area (TPSA) is 38.0 Å². The molecule has 0 aliphatic heterocycles. The van der Waals surface area contributed by atoms with Crippen molar-refractivity contribution in [1.82, 2.24) is 9.55 Å². The van der Waals surface area contributed by atoms with E-state index in [9.17, 15) is 13.2 Å². The van der Waals surface area contributed by atoms with Crippen molar-refractivity contribution in [3.05, 3.63) is 18.2 Å². The molecule has 0 aliphatic rings. The maximum absolute atomic E-state index is 11.7. The Bertz CT molecular complexity index is 256. The summed E-state index contributed by atoms with van der Waals surface area (Å²) in [5.74, 6) is 0. The Morgan fingerprint density at radius 1 is 1.50 bits per heavy atom. The first kappa shape index (κ1) is 9.05. The zero-order valence-corrected chi connectivity index (χ0v) is 6.04. The fourth-order valence-corrected chi connectivity index (χ4v) is 0.782. The normalized spacial score (nSPS) is 12.0. The Hall–Kier alpha value is -1.04. The molecule has 1 aromatic heterocycles. The molecule has 1 N–H and O–H groups in total. The van der Waals surface area contributed by atoms with Crippen molar-refractivity contribution in [3.8, 4) is 0 Å². The van der Waals surface area contributed by atoms with Gasteiger partial charge in [0.1, 0.15) is 6.54 Å². The summed E-state index contributed by atoms with van der Waals surface area (Å²) in [5, 5.41) is 8.49. The molecule has 0 aliphatic carbocycles. The van der Waals surface area contributed by atoms with Crippen molar-refractivity contribution in [1.29, 1.82) is 0 Å². The highest BCUT2D eigenvalue weighted by atomic mass is 19.4. The Balaban J connectivity index is 2.64. The van der Waals surface area contributed by atoms with Crippen LogP contribution in [0.25, 0.3) is 0 Å². The monoisotopic (exact) mass is 180 g/mol. The van der Waals surface area contributed by atoms with E-state index in [2.05, 4.69) is 4.98 Å². The Kier molecular flexibility index (Phi) is 2.37. The second-order valence-corrected chi connectivity index (χ2v) is 2.31. The van der Waals surface area contributed by atoms with Gasteiger partial charge in [-0.25, -0.2) is 4.98 Å². The number of hydrogen-bond donors (Lipinski definition) is 1. The number of nitrogens with zero attached hydrogens (tertiary/aromatic N) is 2. The second-order valence-electron chi connectivity index (χ2n) is 2.31. The van der Waals surface area contributed by atoms with Crippen LogP contribution in [0.2, 0.25) is 0 Å². The van der Waals surface area contributed by atoms with Gasteiger partial charge in [-0.05, 0) is 0 Å². The molecule has 1 aromatic rings. The summed E-state index contributed by atoms with van der Waals surface area (Å²) >= 11 is 0. The third-order valence-corrected chi connectivity index (χ3v) is 1.21. The average Bonchev–Trinajstić information content (AvgIpc) is 2.32. The van der Waals surface area contributed by atoms with Crippen LogP contribution in [0.15, 0.2) is 12.5 Å². The van der Waals surface area contributed by atoms with E-state index in [0.29, 0.717) is 0 Å². The predicted octanol–water partition coefficient (Wildman–Crippen LogP) is 0.938. The molecule has 12 heavy (non-hydrogen) atoms. The third-order valence-electron chi connectivity index (χ3n) is 1.21. The van der Waals surface area contributed by atoms with Crippen molar-refractivity contribution in [2.75, 3.05) is 0 Å². The van der Waals surface area contributed by atoms with E-state index >= 15 is 0 Å². The summed E-state index contributed by atoms with van der Waals surface area (Å²) in [5.41, 5.74) is 0.235. The minimum Gasteiger partial charge on any atom is -0.390 e. The van der Waals surface area contributed by atoms with E-state index in [0.717, 1.165) is 17.1 Å². The van der Waals surface area contributed by atoms with Crippen molar-refractivity contribution in [2.24, 2.45) is 0 Å². The molecule has 0 saturated heterocycles. The molecule has 68 valence electrons. The summed E-state index contributed by atoms with van der Waals surface area (Å²) in [6.45, 7) is -1.41. The number of rotatable bonds is 2. The lowest BCUT2D eigenvalue weighted by atomic mass is 10.5. The van der Waals surface area contributed by atoms with Crippen molar-refractivity contribution in [2.45, 2.75) is 19.3 Å². The molecule has 0 radical (unpaired) electrons. The average molecular weight is 180 g/mol. The van der Waals surface area contributed by atoms with Crippen LogP contribution in [0, 0.1) is 0 Å². The highest BCUT2D eigenvalue weighted by Crippen LogP contribution is 2.17. The number of halogens is 3. The van der Waals surface area contributed by atoms with Gasteiger partial charge in [-0.15, -0.1) is 0 Å². The van der Waals surface area contributed by atoms with Crippen LogP contribution in [0.1, 0.15) is 5.69 Å². The fourth-order valence-electron chi connectivity index (χ4n) is 0.782. The lowest BCUT2D eigenvalue weighted by Gasteiger charge is -2.05. The van der Waals surface area contributed by atoms with Gasteiger partial charge < -0.3 is 9.67 Å². The minimum absolute atomic E-state index is 0.235. The van der Waals surface area contributed by atoms with E-state index in [1.807, 2.05) is 0 Å². The quantitative estimate of drug-likeness (QED) is 0.735. The van der Waals surface area contributed by atoms with Crippen molar-refractivity contribution in [3.63, 3.8) is 0 Å². The predicted molar refractivity (Wildman–Crippen MR) is 34.2 cm³/mol. The molecular weight excluding hydrogens is 173 g/mol. The van der Waals surface area contributed by atoms with E-state index < -0.39 is 12.7 Å². The van der Waals surface area contributed by atoms with Crippen LogP contribution in [0.5, 0.6) is 0 Å². The maximum Gasteiger partial charge on any atom is 0.406 e. The summed E-state index contributed by atoms with van der Waals surface area (Å²) < 4.78 is 36.1. The molecule has 1 heterocycles. The van der Waals surface area contributed by atoms with Crippen LogP contribution >= 0.6 is 0 Å². The third kappa shape index (κ3) is 2.54. The van der Waals surface area contributed by atoms with Gasteiger partial charge in [0, 0.05) is 6.20 Å². The van der Waals surface area contributed by atoms with Gasteiger partial charge in [0.25, 0.3) is 0 Å². The minimum atomic E-state index is -4.24. The molecule has 0 unspecified atom stereocenters. The van der Waals surface area contributed by atoms with E-state index in [-0.39, 0.29) is 12.3 Å². The Labute approximate surface area is 66.5 Å². The first-order valence-electron chi connectivity index (χ1n) is 3.19. The molecule has 0 atom stereocenters. The fraction of sp³-hybridized carbons (Fsp3) is 0.500. The lowest BCUT2D eigenvalue weighted by molar-refractivity contribution is -0.140. The van der Waals surface area contributed by atoms with Gasteiger partial charge in [0.2, 0.25) is 0 Å². The van der Waals surface area contributed by atoms with Gasteiger partial charge in [-0.2, -0.15) is 13.2 Å². The van der Waals surface area contributed by atoms with Crippen molar-refractivity contribution >= 4 is 0 Å². The summed E-state index contributed by atoms with van der Waals surface area (Å²) in [4.78, 5) is 3.53. The second kappa shape index (κ2) is 3.14. The molecule has 1 rings (SSSR count). The van der Waals surface area contributed by atoms with Gasteiger partial charge in [0.15, 0.2) is 0 Å². The zero-order chi connectivity index (χ0) is 9.19. The van der Waals surface area contributed by atoms with E-state index in [4.69, 9.17) is 5.11 Å². The first-order chi connectivity index (χ1) is 5.51. The number of alkyl halides is 3. The maximum atomic E-state index is 11.7. The van der Waals surface area contributed by atoms with E-state index in [1.54, 1.807) is 0 Å². The number of aromatic nitrogens is 2. The first-order valence-corrected chi connectivity index (χ1v) is 3.19. The Morgan fingerprint density at radius 2 is 2.17 bits per heavy atom. The van der Waals surface area contributed by atoms with Crippen molar-refractivity contribution < 1.29 is 18.3 Å². The Morgan fingerprint density at radius 3 is 2.58 bits per heavy atom. The number of hydrogen-bond acceptors (Lipinski definition) is 2. The van der Waals surface area contributed by atoms with Gasteiger partial charge in [-0.3, -0.25) is 0 Å². The highest BCUT2D eigenvalue weighted by molar-refractivity contribution is 4.94. The SMILES string of the molecule is OCc1cn(CC(F)(F)F)cn1. The molecule has 6 heteroatoms. The number of imidazole rings is 1. The zero-order valence-electron chi connectivity index (χ0n) is 6.04. The summed E-state index contributed by atoms with van der Waals surface area (Å²) in [7, 11) is 0. The van der Waals surface area contributed by atoms with Crippen LogP contribution in [0.4, 0.5) is 13.2 Å². The standard InChI is InChI=1S/C6H7F3N2O/c7-6(8,9)3-11-1-5(2-12)10-4-11/h1,4,12H,2-3H2. The number of aliphatic hydroxyl groups is 1. The lowest BCUT2D eigenvalue weighted by Crippen LogP contribution is -2.16. The molecule has 0 spiro atoms.